The molecular formula is C16H22BrN3. The van der Waals surface area contributed by atoms with Gasteiger partial charge in [0.05, 0.1) is 0 Å². The Bertz CT molecular complexity index is 576. The van der Waals surface area contributed by atoms with Crippen LogP contribution in [0.2, 0.25) is 0 Å². The lowest BCUT2D eigenvalue weighted by Crippen LogP contribution is -2.35. The molecule has 0 bridgehead atoms. The lowest BCUT2D eigenvalue weighted by molar-refractivity contribution is 0.163. The van der Waals surface area contributed by atoms with Crippen molar-refractivity contribution in [1.29, 1.82) is 0 Å². The van der Waals surface area contributed by atoms with Gasteiger partial charge >= 0.3 is 0 Å². The molecule has 1 aliphatic heterocycles. The molecule has 1 aromatic heterocycles. The van der Waals surface area contributed by atoms with Crippen LogP contribution >= 0.6 is 15.9 Å². The predicted octanol–water partition coefficient (Wildman–Crippen LogP) is 3.49. The average Bonchev–Trinajstić information content (AvgIpc) is 2.82. The number of fused-ring (bicyclic) bond motifs is 1. The smallest absolute Gasteiger partial charge is 0.0458 e. The van der Waals surface area contributed by atoms with Crippen LogP contribution in [0.5, 0.6) is 0 Å². The second-order valence-corrected chi connectivity index (χ2v) is 6.74. The molecular weight excluding hydrogens is 314 g/mol. The van der Waals surface area contributed by atoms with E-state index in [-0.39, 0.29) is 0 Å². The lowest BCUT2D eigenvalue weighted by atomic mass is 9.94. The Labute approximate surface area is 128 Å². The summed E-state index contributed by atoms with van der Waals surface area (Å²) in [6, 6.07) is 6.43. The standard InChI is InChI=1S/C16H22BrN3/c17-14-3-4-16-15(8-14)13(9-19-16)11-20-7-1-2-12(10-20)5-6-18/h3-4,8-9,12,19H,1-2,5-7,10-11,18H2. The monoisotopic (exact) mass is 335 g/mol. The van der Waals surface area contributed by atoms with Crippen LogP contribution in [0.4, 0.5) is 0 Å². The van der Waals surface area contributed by atoms with Gasteiger partial charge in [-0.05, 0) is 62.0 Å². The van der Waals surface area contributed by atoms with Crippen molar-refractivity contribution in [3.63, 3.8) is 0 Å². The lowest BCUT2D eigenvalue weighted by Gasteiger charge is -2.32. The van der Waals surface area contributed by atoms with Gasteiger partial charge in [0.15, 0.2) is 0 Å². The number of likely N-dealkylation sites (tertiary alicyclic amines) is 1. The van der Waals surface area contributed by atoms with E-state index < -0.39 is 0 Å². The quantitative estimate of drug-likeness (QED) is 0.898. The number of piperidine rings is 1. The van der Waals surface area contributed by atoms with Gasteiger partial charge in [-0.3, -0.25) is 4.90 Å². The summed E-state index contributed by atoms with van der Waals surface area (Å²) in [4.78, 5) is 5.95. The highest BCUT2D eigenvalue weighted by molar-refractivity contribution is 9.10. The van der Waals surface area contributed by atoms with Crippen LogP contribution < -0.4 is 5.73 Å². The van der Waals surface area contributed by atoms with Crippen LogP contribution in [0.1, 0.15) is 24.8 Å². The van der Waals surface area contributed by atoms with Crippen LogP contribution in [0.15, 0.2) is 28.9 Å². The molecule has 2 heterocycles. The number of rotatable bonds is 4. The number of H-pyrrole nitrogens is 1. The zero-order valence-corrected chi connectivity index (χ0v) is 13.3. The molecule has 108 valence electrons. The van der Waals surface area contributed by atoms with Crippen molar-refractivity contribution >= 4 is 26.8 Å². The summed E-state index contributed by atoms with van der Waals surface area (Å²) in [5, 5.41) is 1.33. The second-order valence-electron chi connectivity index (χ2n) is 5.82. The predicted molar refractivity (Wildman–Crippen MR) is 87.7 cm³/mol. The van der Waals surface area contributed by atoms with Gasteiger partial charge in [0.2, 0.25) is 0 Å². The van der Waals surface area contributed by atoms with E-state index in [1.54, 1.807) is 0 Å². The summed E-state index contributed by atoms with van der Waals surface area (Å²) in [5.74, 6) is 0.783. The Kier molecular flexibility index (Phi) is 4.44. The first-order valence-electron chi connectivity index (χ1n) is 7.44. The molecule has 1 saturated heterocycles. The Morgan fingerprint density at radius 1 is 1.40 bits per heavy atom. The first-order valence-corrected chi connectivity index (χ1v) is 8.23. The third-order valence-corrected chi connectivity index (χ3v) is 4.79. The number of aromatic nitrogens is 1. The zero-order chi connectivity index (χ0) is 13.9. The average molecular weight is 336 g/mol. The first-order chi connectivity index (χ1) is 9.76. The van der Waals surface area contributed by atoms with Gasteiger partial charge in [-0.2, -0.15) is 0 Å². The van der Waals surface area contributed by atoms with Crippen molar-refractivity contribution in [2.75, 3.05) is 19.6 Å². The third-order valence-electron chi connectivity index (χ3n) is 4.30. The van der Waals surface area contributed by atoms with Gasteiger partial charge in [-0.25, -0.2) is 0 Å². The van der Waals surface area contributed by atoms with E-state index in [9.17, 15) is 0 Å². The topological polar surface area (TPSA) is 45.0 Å². The highest BCUT2D eigenvalue weighted by atomic mass is 79.9. The summed E-state index contributed by atoms with van der Waals surface area (Å²) in [5.41, 5.74) is 8.32. The molecule has 3 N–H and O–H groups in total. The van der Waals surface area contributed by atoms with Crippen molar-refractivity contribution in [2.45, 2.75) is 25.8 Å². The third kappa shape index (κ3) is 3.08. The molecule has 0 spiro atoms. The first kappa shape index (κ1) is 14.1. The molecule has 1 aromatic carbocycles. The van der Waals surface area contributed by atoms with Crippen molar-refractivity contribution < 1.29 is 0 Å². The summed E-state index contributed by atoms with van der Waals surface area (Å²) < 4.78 is 1.14. The van der Waals surface area contributed by atoms with Gasteiger partial charge in [0, 0.05) is 34.7 Å². The molecule has 1 unspecified atom stereocenters. The number of nitrogens with zero attached hydrogens (tertiary/aromatic N) is 1. The van der Waals surface area contributed by atoms with Gasteiger partial charge in [0.1, 0.15) is 0 Å². The molecule has 20 heavy (non-hydrogen) atoms. The maximum atomic E-state index is 5.70. The minimum absolute atomic E-state index is 0.783. The minimum Gasteiger partial charge on any atom is -0.361 e. The number of halogens is 1. The maximum Gasteiger partial charge on any atom is 0.0458 e. The Balaban J connectivity index is 1.74. The Hall–Kier alpha value is -0.840. The maximum absolute atomic E-state index is 5.70. The Morgan fingerprint density at radius 3 is 3.15 bits per heavy atom. The molecule has 0 saturated carbocycles. The van der Waals surface area contributed by atoms with Crippen LogP contribution in [-0.4, -0.2) is 29.5 Å². The van der Waals surface area contributed by atoms with Gasteiger partial charge in [0.25, 0.3) is 0 Å². The molecule has 4 heteroatoms. The second kappa shape index (κ2) is 6.29. The van der Waals surface area contributed by atoms with E-state index in [4.69, 9.17) is 5.73 Å². The van der Waals surface area contributed by atoms with Gasteiger partial charge in [-0.15, -0.1) is 0 Å². The van der Waals surface area contributed by atoms with E-state index in [0.29, 0.717) is 0 Å². The minimum atomic E-state index is 0.783. The van der Waals surface area contributed by atoms with Crippen LogP contribution in [0.25, 0.3) is 10.9 Å². The summed E-state index contributed by atoms with van der Waals surface area (Å²) in [6.45, 7) is 4.26. The number of hydrogen-bond donors (Lipinski definition) is 2. The van der Waals surface area contributed by atoms with Crippen molar-refractivity contribution in [3.8, 4) is 0 Å². The van der Waals surface area contributed by atoms with Crippen LogP contribution in [-0.2, 0) is 6.54 Å². The molecule has 0 aliphatic carbocycles. The van der Waals surface area contributed by atoms with E-state index in [1.807, 2.05) is 0 Å². The molecule has 3 nitrogen and oxygen atoms in total. The normalized spacial score (nSPS) is 20.6. The molecule has 2 aromatic rings. The highest BCUT2D eigenvalue weighted by Gasteiger charge is 2.20. The van der Waals surface area contributed by atoms with Crippen LogP contribution in [0, 0.1) is 5.92 Å². The fraction of sp³-hybridized carbons (Fsp3) is 0.500. The fourth-order valence-corrected chi connectivity index (χ4v) is 3.65. The van der Waals surface area contributed by atoms with Crippen molar-refractivity contribution in [3.05, 3.63) is 34.4 Å². The molecule has 3 rings (SSSR count). The molecule has 1 fully saturated rings. The fourth-order valence-electron chi connectivity index (χ4n) is 3.29. The van der Waals surface area contributed by atoms with E-state index in [0.717, 1.165) is 29.9 Å². The number of benzene rings is 1. The van der Waals surface area contributed by atoms with Crippen molar-refractivity contribution in [1.82, 2.24) is 9.88 Å². The molecule has 1 aliphatic rings. The summed E-state index contributed by atoms with van der Waals surface area (Å²) in [6.07, 6.45) is 5.96. The van der Waals surface area contributed by atoms with Crippen LogP contribution in [0.3, 0.4) is 0 Å². The van der Waals surface area contributed by atoms with Crippen molar-refractivity contribution in [2.24, 2.45) is 11.7 Å². The summed E-state index contributed by atoms with van der Waals surface area (Å²) >= 11 is 3.57. The molecule has 0 radical (unpaired) electrons. The van der Waals surface area contributed by atoms with Gasteiger partial charge in [-0.1, -0.05) is 15.9 Å². The number of aromatic amines is 1. The van der Waals surface area contributed by atoms with E-state index in [2.05, 4.69) is 50.2 Å². The van der Waals surface area contributed by atoms with E-state index >= 15 is 0 Å². The van der Waals surface area contributed by atoms with Gasteiger partial charge < -0.3 is 10.7 Å². The summed E-state index contributed by atoms with van der Waals surface area (Å²) in [7, 11) is 0. The number of nitrogens with one attached hydrogen (secondary N) is 1. The zero-order valence-electron chi connectivity index (χ0n) is 11.7. The Morgan fingerprint density at radius 2 is 2.30 bits per heavy atom. The molecule has 1 atom stereocenters. The van der Waals surface area contributed by atoms with E-state index in [1.165, 1.54) is 42.4 Å². The molecule has 0 amide bonds. The number of nitrogens with two attached hydrogens (primary N) is 1. The highest BCUT2D eigenvalue weighted by Crippen LogP contribution is 2.26. The number of hydrogen-bond acceptors (Lipinski definition) is 2. The largest absolute Gasteiger partial charge is 0.361 e. The SMILES string of the molecule is NCCC1CCCN(Cc2c[nH]c3ccc(Br)cc23)C1.